The third-order valence-electron chi connectivity index (χ3n) is 3.12. The molecular formula is C16H15N5O2. The lowest BCUT2D eigenvalue weighted by molar-refractivity contribution is 0.102. The van der Waals surface area contributed by atoms with Crippen molar-refractivity contribution in [3.63, 3.8) is 0 Å². The Morgan fingerprint density at radius 2 is 2.13 bits per heavy atom. The first-order valence-corrected chi connectivity index (χ1v) is 6.99. The first-order valence-electron chi connectivity index (χ1n) is 6.99. The molecule has 0 spiro atoms. The average Bonchev–Trinajstić information content (AvgIpc) is 2.87. The number of benzene rings is 1. The van der Waals surface area contributed by atoms with Crippen LogP contribution in [0, 0.1) is 6.92 Å². The second-order valence-corrected chi connectivity index (χ2v) is 4.95. The van der Waals surface area contributed by atoms with E-state index in [0.29, 0.717) is 28.6 Å². The molecule has 7 heteroatoms. The highest BCUT2D eigenvalue weighted by Crippen LogP contribution is 2.22. The van der Waals surface area contributed by atoms with Gasteiger partial charge in [0.2, 0.25) is 5.88 Å². The number of hydrogen-bond donors (Lipinski definition) is 1. The van der Waals surface area contributed by atoms with Crippen molar-refractivity contribution in [2.24, 2.45) is 7.05 Å². The number of nitrogens with zero attached hydrogens (tertiary/aromatic N) is 4. The van der Waals surface area contributed by atoms with Gasteiger partial charge in [-0.25, -0.2) is 0 Å². The van der Waals surface area contributed by atoms with Crippen molar-refractivity contribution in [1.29, 1.82) is 0 Å². The summed E-state index contributed by atoms with van der Waals surface area (Å²) in [4.78, 5) is 12.3. The molecular weight excluding hydrogens is 294 g/mol. The van der Waals surface area contributed by atoms with Crippen LogP contribution in [-0.4, -0.2) is 25.9 Å². The van der Waals surface area contributed by atoms with Crippen molar-refractivity contribution in [1.82, 2.24) is 20.0 Å². The van der Waals surface area contributed by atoms with Gasteiger partial charge in [-0.1, -0.05) is 6.07 Å². The minimum Gasteiger partial charge on any atom is -0.437 e. The number of rotatable bonds is 4. The number of carbonyl (C=O) groups excluding carboxylic acids is 1. The normalized spacial score (nSPS) is 10.3. The van der Waals surface area contributed by atoms with Crippen LogP contribution >= 0.6 is 0 Å². The zero-order valence-electron chi connectivity index (χ0n) is 12.7. The van der Waals surface area contributed by atoms with Crippen molar-refractivity contribution < 1.29 is 9.53 Å². The zero-order chi connectivity index (χ0) is 16.2. The first-order chi connectivity index (χ1) is 11.1. The van der Waals surface area contributed by atoms with Crippen molar-refractivity contribution >= 4 is 11.6 Å². The van der Waals surface area contributed by atoms with Gasteiger partial charge in [0, 0.05) is 37.3 Å². The number of nitrogens with one attached hydrogen (secondary N) is 1. The van der Waals surface area contributed by atoms with E-state index in [0.717, 1.165) is 0 Å². The summed E-state index contributed by atoms with van der Waals surface area (Å²) < 4.78 is 7.20. The molecule has 2 heterocycles. The number of ether oxygens (including phenoxy) is 1. The van der Waals surface area contributed by atoms with Gasteiger partial charge in [0.05, 0.1) is 11.3 Å². The van der Waals surface area contributed by atoms with Gasteiger partial charge in [-0.2, -0.15) is 10.2 Å². The Morgan fingerprint density at radius 1 is 1.26 bits per heavy atom. The first kappa shape index (κ1) is 14.7. The molecule has 0 aliphatic rings. The van der Waals surface area contributed by atoms with E-state index >= 15 is 0 Å². The number of aryl methyl sites for hydroxylation is 2. The second-order valence-electron chi connectivity index (χ2n) is 4.95. The van der Waals surface area contributed by atoms with Crippen LogP contribution in [0.1, 0.15) is 16.1 Å². The lowest BCUT2D eigenvalue weighted by Gasteiger charge is -2.07. The maximum atomic E-state index is 12.3. The van der Waals surface area contributed by atoms with Gasteiger partial charge in [-0.05, 0) is 25.1 Å². The standard InChI is InChI=1S/C16H15N5O2/c1-11-14(10-21(2)20-11)16(22)18-12-5-3-6-13(9-12)23-15-7-4-8-17-19-15/h3-10H,1-2H3,(H,18,22). The Hall–Kier alpha value is -3.22. The highest BCUT2D eigenvalue weighted by molar-refractivity contribution is 6.04. The molecule has 1 amide bonds. The smallest absolute Gasteiger partial charge is 0.259 e. The van der Waals surface area contributed by atoms with E-state index in [9.17, 15) is 4.79 Å². The predicted molar refractivity (Wildman–Crippen MR) is 84.4 cm³/mol. The quantitative estimate of drug-likeness (QED) is 0.801. The maximum absolute atomic E-state index is 12.3. The molecule has 0 atom stereocenters. The number of carbonyl (C=O) groups is 1. The fourth-order valence-electron chi connectivity index (χ4n) is 2.12. The summed E-state index contributed by atoms with van der Waals surface area (Å²) >= 11 is 0. The lowest BCUT2D eigenvalue weighted by Crippen LogP contribution is -2.12. The number of aromatic nitrogens is 4. The van der Waals surface area contributed by atoms with Crippen LogP contribution in [0.25, 0.3) is 0 Å². The largest absolute Gasteiger partial charge is 0.437 e. The number of hydrogen-bond acceptors (Lipinski definition) is 5. The summed E-state index contributed by atoms with van der Waals surface area (Å²) in [6, 6.07) is 10.5. The molecule has 0 aliphatic heterocycles. The van der Waals surface area contributed by atoms with Crippen LogP contribution in [0.4, 0.5) is 5.69 Å². The molecule has 23 heavy (non-hydrogen) atoms. The van der Waals surface area contributed by atoms with Crippen LogP contribution in [-0.2, 0) is 7.05 Å². The molecule has 3 aromatic rings. The van der Waals surface area contributed by atoms with E-state index in [4.69, 9.17) is 4.74 Å². The summed E-state index contributed by atoms with van der Waals surface area (Å²) in [5, 5.41) is 14.6. The Balaban J connectivity index is 1.75. The van der Waals surface area contributed by atoms with Crippen molar-refractivity contribution in [2.75, 3.05) is 5.32 Å². The van der Waals surface area contributed by atoms with E-state index in [1.807, 2.05) is 0 Å². The van der Waals surface area contributed by atoms with Gasteiger partial charge in [0.25, 0.3) is 5.91 Å². The summed E-state index contributed by atoms with van der Waals surface area (Å²) in [5.74, 6) is 0.734. The third kappa shape index (κ3) is 3.52. The van der Waals surface area contributed by atoms with Crippen molar-refractivity contribution in [3.8, 4) is 11.6 Å². The van der Waals surface area contributed by atoms with Crippen LogP contribution in [0.5, 0.6) is 11.6 Å². The zero-order valence-corrected chi connectivity index (χ0v) is 12.7. The Morgan fingerprint density at radius 3 is 2.83 bits per heavy atom. The third-order valence-corrected chi connectivity index (χ3v) is 3.12. The lowest BCUT2D eigenvalue weighted by atomic mass is 10.2. The summed E-state index contributed by atoms with van der Waals surface area (Å²) in [6.45, 7) is 1.79. The molecule has 0 bridgehead atoms. The highest BCUT2D eigenvalue weighted by Gasteiger charge is 2.13. The van der Waals surface area contributed by atoms with Crippen LogP contribution in [0.3, 0.4) is 0 Å². The Labute approximate surface area is 132 Å². The number of anilines is 1. The molecule has 0 aliphatic carbocycles. The fourth-order valence-corrected chi connectivity index (χ4v) is 2.12. The Kier molecular flexibility index (Phi) is 4.01. The van der Waals surface area contributed by atoms with Crippen molar-refractivity contribution in [3.05, 3.63) is 60.0 Å². The Bertz CT molecular complexity index is 829. The number of amides is 1. The summed E-state index contributed by atoms with van der Waals surface area (Å²) in [6.07, 6.45) is 3.25. The maximum Gasteiger partial charge on any atom is 0.259 e. The summed E-state index contributed by atoms with van der Waals surface area (Å²) in [5.41, 5.74) is 1.84. The molecule has 116 valence electrons. The van der Waals surface area contributed by atoms with Crippen molar-refractivity contribution in [2.45, 2.75) is 6.92 Å². The topological polar surface area (TPSA) is 81.9 Å². The molecule has 2 aromatic heterocycles. The monoisotopic (exact) mass is 309 g/mol. The van der Waals surface area contributed by atoms with E-state index < -0.39 is 0 Å². The minimum atomic E-state index is -0.216. The van der Waals surface area contributed by atoms with E-state index in [2.05, 4.69) is 20.6 Å². The van der Waals surface area contributed by atoms with Gasteiger partial charge in [0.1, 0.15) is 5.75 Å². The molecule has 0 unspecified atom stereocenters. The SMILES string of the molecule is Cc1nn(C)cc1C(=O)Nc1cccc(Oc2cccnn2)c1. The fraction of sp³-hybridized carbons (Fsp3) is 0.125. The van der Waals surface area contributed by atoms with E-state index in [-0.39, 0.29) is 5.91 Å². The molecule has 0 saturated carbocycles. The molecule has 0 radical (unpaired) electrons. The highest BCUT2D eigenvalue weighted by atomic mass is 16.5. The molecule has 0 saturated heterocycles. The van der Waals surface area contributed by atoms with Gasteiger partial charge < -0.3 is 10.1 Å². The summed E-state index contributed by atoms with van der Waals surface area (Å²) in [7, 11) is 1.78. The van der Waals surface area contributed by atoms with Gasteiger partial charge in [0.15, 0.2) is 0 Å². The molecule has 1 aromatic carbocycles. The van der Waals surface area contributed by atoms with E-state index in [1.165, 1.54) is 0 Å². The average molecular weight is 309 g/mol. The van der Waals surface area contributed by atoms with Crippen LogP contribution in [0.15, 0.2) is 48.8 Å². The molecule has 0 fully saturated rings. The van der Waals surface area contributed by atoms with Gasteiger partial charge in [-0.3, -0.25) is 9.48 Å². The van der Waals surface area contributed by atoms with E-state index in [1.54, 1.807) is 67.4 Å². The van der Waals surface area contributed by atoms with Gasteiger partial charge in [-0.15, -0.1) is 5.10 Å². The van der Waals surface area contributed by atoms with Gasteiger partial charge >= 0.3 is 0 Å². The minimum absolute atomic E-state index is 0.216. The van der Waals surface area contributed by atoms with Crippen LogP contribution in [0.2, 0.25) is 0 Å². The molecule has 7 nitrogen and oxygen atoms in total. The second kappa shape index (κ2) is 6.27. The molecule has 3 rings (SSSR count). The van der Waals surface area contributed by atoms with Crippen LogP contribution < -0.4 is 10.1 Å². The predicted octanol–water partition coefficient (Wildman–Crippen LogP) is 2.56. The molecule has 1 N–H and O–H groups in total.